The lowest BCUT2D eigenvalue weighted by Crippen LogP contribution is -2.38. The number of aromatic nitrogens is 1. The van der Waals surface area contributed by atoms with Crippen molar-refractivity contribution < 1.29 is 4.74 Å². The van der Waals surface area contributed by atoms with Crippen LogP contribution in [0.2, 0.25) is 10.0 Å². The Morgan fingerprint density at radius 2 is 1.96 bits per heavy atom. The van der Waals surface area contributed by atoms with Crippen molar-refractivity contribution in [3.8, 4) is 5.75 Å². The monoisotopic (exact) mass is 371 g/mol. The Kier molecular flexibility index (Phi) is 4.69. The molecule has 1 aliphatic heterocycles. The Bertz CT molecular complexity index is 892. The minimum absolute atomic E-state index is 0.154. The molecule has 0 N–H and O–H groups in total. The highest BCUT2D eigenvalue weighted by atomic mass is 35.5. The van der Waals surface area contributed by atoms with Gasteiger partial charge in [0.05, 0.1) is 10.5 Å². The highest BCUT2D eigenvalue weighted by Gasteiger charge is 2.22. The van der Waals surface area contributed by atoms with Gasteiger partial charge in [0.15, 0.2) is 0 Å². The third kappa shape index (κ3) is 3.53. The predicted molar refractivity (Wildman–Crippen MR) is 103 cm³/mol. The van der Waals surface area contributed by atoms with E-state index in [1.54, 1.807) is 12.3 Å². The summed E-state index contributed by atoms with van der Waals surface area (Å²) in [5, 5.41) is 2.06. The molecular formula is C20H17Cl2N2O. The van der Waals surface area contributed by atoms with E-state index in [1.807, 2.05) is 18.2 Å². The van der Waals surface area contributed by atoms with Gasteiger partial charge in [-0.3, -0.25) is 4.98 Å². The minimum Gasteiger partial charge on any atom is -0.489 e. The first-order valence-electron chi connectivity index (χ1n) is 8.33. The maximum absolute atomic E-state index is 6.22. The summed E-state index contributed by atoms with van der Waals surface area (Å²) in [6, 6.07) is 16.9. The molecule has 4 rings (SSSR count). The molecule has 0 bridgehead atoms. The summed E-state index contributed by atoms with van der Waals surface area (Å²) in [5.41, 5.74) is 2.18. The zero-order valence-electron chi connectivity index (χ0n) is 13.6. The number of ether oxygens (including phenoxy) is 1. The quantitative estimate of drug-likeness (QED) is 0.616. The fraction of sp³-hybridized carbons (Fsp3) is 0.250. The molecule has 1 saturated heterocycles. The average Bonchev–Trinajstić information content (AvgIpc) is 2.66. The number of anilines is 1. The number of piperidine rings is 1. The molecule has 5 heteroatoms. The molecule has 1 aliphatic rings. The van der Waals surface area contributed by atoms with Gasteiger partial charge in [-0.2, -0.15) is 0 Å². The highest BCUT2D eigenvalue weighted by Crippen LogP contribution is 2.33. The summed E-state index contributed by atoms with van der Waals surface area (Å²) < 4.78 is 6.06. The second-order valence-electron chi connectivity index (χ2n) is 6.15. The largest absolute Gasteiger partial charge is 0.489 e. The zero-order valence-corrected chi connectivity index (χ0v) is 15.1. The van der Waals surface area contributed by atoms with Crippen LogP contribution in [0.1, 0.15) is 12.8 Å². The third-order valence-corrected chi connectivity index (χ3v) is 5.33. The molecule has 0 spiro atoms. The molecule has 2 aromatic carbocycles. The molecule has 0 aliphatic carbocycles. The lowest BCUT2D eigenvalue weighted by atomic mass is 10.1. The molecule has 0 saturated carbocycles. The standard InChI is InChI=1S/C20H17Cl2N2O/c21-17-4-1-5-19(20(17)22)25-16-8-11-24(12-9-16)15-6-7-18-14(13-15)3-2-10-23-18/h1-2,4-7,10,13,16H,8-9,11-12H2. The molecule has 0 amide bonds. The summed E-state index contributed by atoms with van der Waals surface area (Å²) in [5.74, 6) is 0.666. The Labute approximate surface area is 157 Å². The normalized spacial score (nSPS) is 15.5. The number of hydrogen-bond acceptors (Lipinski definition) is 3. The molecule has 1 aromatic heterocycles. The lowest BCUT2D eigenvalue weighted by Gasteiger charge is -2.34. The van der Waals surface area contributed by atoms with Crippen LogP contribution in [0.25, 0.3) is 10.9 Å². The van der Waals surface area contributed by atoms with Gasteiger partial charge in [-0.15, -0.1) is 0 Å². The van der Waals surface area contributed by atoms with Gasteiger partial charge >= 0.3 is 0 Å². The van der Waals surface area contributed by atoms with E-state index in [4.69, 9.17) is 27.9 Å². The molecule has 1 radical (unpaired) electrons. The van der Waals surface area contributed by atoms with Crippen molar-refractivity contribution in [2.45, 2.75) is 18.9 Å². The Morgan fingerprint density at radius 1 is 1.12 bits per heavy atom. The van der Waals surface area contributed by atoms with Crippen molar-refractivity contribution in [1.82, 2.24) is 4.98 Å². The van der Waals surface area contributed by atoms with E-state index in [1.165, 1.54) is 5.69 Å². The van der Waals surface area contributed by atoms with Crippen molar-refractivity contribution in [3.63, 3.8) is 0 Å². The van der Waals surface area contributed by atoms with Crippen LogP contribution < -0.4 is 9.64 Å². The molecule has 25 heavy (non-hydrogen) atoms. The Hall–Kier alpha value is -1.97. The number of pyridine rings is 1. The molecule has 3 nitrogen and oxygen atoms in total. The van der Waals surface area contributed by atoms with Gasteiger partial charge in [0.2, 0.25) is 0 Å². The van der Waals surface area contributed by atoms with Gasteiger partial charge in [0.25, 0.3) is 0 Å². The van der Waals surface area contributed by atoms with Crippen LogP contribution in [0.4, 0.5) is 5.69 Å². The van der Waals surface area contributed by atoms with Gasteiger partial charge in [0, 0.05) is 43.2 Å². The summed E-state index contributed by atoms with van der Waals surface area (Å²) >= 11 is 12.3. The third-order valence-electron chi connectivity index (χ3n) is 4.52. The molecule has 0 atom stereocenters. The van der Waals surface area contributed by atoms with Gasteiger partial charge in [-0.25, -0.2) is 0 Å². The van der Waals surface area contributed by atoms with Gasteiger partial charge < -0.3 is 9.64 Å². The van der Waals surface area contributed by atoms with Crippen LogP contribution in [0.5, 0.6) is 5.75 Å². The molecule has 3 aromatic rings. The number of rotatable bonds is 3. The molecular weight excluding hydrogens is 355 g/mol. The van der Waals surface area contributed by atoms with Crippen LogP contribution in [0.15, 0.2) is 48.7 Å². The number of nitrogens with zero attached hydrogens (tertiary/aromatic N) is 2. The van der Waals surface area contributed by atoms with Crippen molar-refractivity contribution in [1.29, 1.82) is 0 Å². The van der Waals surface area contributed by atoms with E-state index in [2.05, 4.69) is 34.1 Å². The van der Waals surface area contributed by atoms with E-state index < -0.39 is 0 Å². The second-order valence-corrected chi connectivity index (χ2v) is 6.93. The fourth-order valence-corrected chi connectivity index (χ4v) is 3.52. The number of halogens is 2. The van der Waals surface area contributed by atoms with Crippen molar-refractivity contribution in [3.05, 3.63) is 64.8 Å². The molecule has 2 heterocycles. The van der Waals surface area contributed by atoms with Gasteiger partial charge in [0.1, 0.15) is 16.9 Å². The summed E-state index contributed by atoms with van der Waals surface area (Å²) in [6.07, 6.45) is 3.81. The van der Waals surface area contributed by atoms with E-state index in [0.717, 1.165) is 36.8 Å². The zero-order chi connectivity index (χ0) is 17.2. The van der Waals surface area contributed by atoms with Crippen molar-refractivity contribution in [2.75, 3.05) is 18.0 Å². The SMILES string of the molecule is Clc1cccc(OC2CCN(c3ccc4ncc[c]c4c3)CC2)c1Cl. The maximum atomic E-state index is 6.22. The van der Waals surface area contributed by atoms with Crippen LogP contribution in [-0.2, 0) is 0 Å². The van der Waals surface area contributed by atoms with E-state index in [-0.39, 0.29) is 6.10 Å². The predicted octanol–water partition coefficient (Wildman–Crippen LogP) is 5.39. The van der Waals surface area contributed by atoms with E-state index in [0.29, 0.717) is 15.8 Å². The average molecular weight is 372 g/mol. The topological polar surface area (TPSA) is 25.4 Å². The molecule has 1 fully saturated rings. The summed E-state index contributed by atoms with van der Waals surface area (Å²) in [4.78, 5) is 6.72. The van der Waals surface area contributed by atoms with Crippen LogP contribution in [0.3, 0.4) is 0 Å². The Balaban J connectivity index is 1.43. The smallest absolute Gasteiger partial charge is 0.139 e. The number of benzene rings is 2. The number of hydrogen-bond donors (Lipinski definition) is 0. The number of fused-ring (bicyclic) bond motifs is 1. The molecule has 127 valence electrons. The van der Waals surface area contributed by atoms with Crippen LogP contribution in [0, 0.1) is 6.07 Å². The summed E-state index contributed by atoms with van der Waals surface area (Å²) in [6.45, 7) is 1.88. The van der Waals surface area contributed by atoms with Gasteiger partial charge in [-0.1, -0.05) is 29.3 Å². The first-order chi connectivity index (χ1) is 12.2. The van der Waals surface area contributed by atoms with Crippen LogP contribution >= 0.6 is 23.2 Å². The highest BCUT2D eigenvalue weighted by molar-refractivity contribution is 6.42. The van der Waals surface area contributed by atoms with E-state index >= 15 is 0 Å². The Morgan fingerprint density at radius 3 is 2.80 bits per heavy atom. The lowest BCUT2D eigenvalue weighted by molar-refractivity contribution is 0.171. The van der Waals surface area contributed by atoms with Gasteiger partial charge in [-0.05, 0) is 42.5 Å². The fourth-order valence-electron chi connectivity index (χ4n) is 3.18. The second kappa shape index (κ2) is 7.11. The molecule has 0 unspecified atom stereocenters. The maximum Gasteiger partial charge on any atom is 0.139 e. The van der Waals surface area contributed by atoms with E-state index in [9.17, 15) is 0 Å². The minimum atomic E-state index is 0.154. The summed E-state index contributed by atoms with van der Waals surface area (Å²) in [7, 11) is 0. The van der Waals surface area contributed by atoms with Crippen molar-refractivity contribution in [2.24, 2.45) is 0 Å². The first kappa shape index (κ1) is 16.5. The van der Waals surface area contributed by atoms with Crippen molar-refractivity contribution >= 4 is 39.8 Å². The first-order valence-corrected chi connectivity index (χ1v) is 9.08. The van der Waals surface area contributed by atoms with Crippen LogP contribution in [-0.4, -0.2) is 24.2 Å².